The highest BCUT2D eigenvalue weighted by Gasteiger charge is 2.26. The van der Waals surface area contributed by atoms with Crippen molar-refractivity contribution in [2.24, 2.45) is 5.92 Å². The van der Waals surface area contributed by atoms with Crippen molar-refractivity contribution >= 4 is 54.5 Å². The Balaban J connectivity index is 1.05. The second-order valence-corrected chi connectivity index (χ2v) is 24.4. The Morgan fingerprint density at radius 2 is 1.01 bits per heavy atom. The van der Waals surface area contributed by atoms with Gasteiger partial charge in [-0.15, -0.1) is 0 Å². The fourth-order valence-corrected chi connectivity index (χ4v) is 12.9. The van der Waals surface area contributed by atoms with Crippen molar-refractivity contribution in [1.29, 1.82) is 0 Å². The van der Waals surface area contributed by atoms with Crippen molar-refractivity contribution < 1.29 is 0 Å². The van der Waals surface area contributed by atoms with E-state index in [1.165, 1.54) is 213 Å². The normalized spacial score (nSPS) is 15.1. The van der Waals surface area contributed by atoms with Gasteiger partial charge in [0.1, 0.15) is 0 Å². The van der Waals surface area contributed by atoms with Crippen LogP contribution in [0.25, 0.3) is 76.8 Å². The van der Waals surface area contributed by atoms with E-state index in [0.29, 0.717) is 12.0 Å². The van der Waals surface area contributed by atoms with Crippen molar-refractivity contribution in [3.63, 3.8) is 0 Å². The largest absolute Gasteiger partial charge is 0.338 e. The lowest BCUT2D eigenvalue weighted by Crippen LogP contribution is -2.10. The zero-order valence-electron chi connectivity index (χ0n) is 48.3. The van der Waals surface area contributed by atoms with Gasteiger partial charge in [0.2, 0.25) is 0 Å². The molecule has 0 aliphatic heterocycles. The minimum absolute atomic E-state index is 0.0872. The Morgan fingerprint density at radius 1 is 0.481 bits per heavy atom. The molecule has 0 saturated carbocycles. The maximum atomic E-state index is 2.59. The molecule has 0 saturated heterocycles. The fraction of sp³-hybridized carbons (Fsp3) is 0.395. The van der Waals surface area contributed by atoms with Gasteiger partial charge in [-0.05, 0) is 163 Å². The first-order valence-corrected chi connectivity index (χ1v) is 30.7. The minimum atomic E-state index is 0.0872. The highest BCUT2D eigenvalue weighted by atomic mass is 15.0. The van der Waals surface area contributed by atoms with Crippen LogP contribution >= 0.6 is 0 Å². The van der Waals surface area contributed by atoms with E-state index in [9.17, 15) is 0 Å². The molecule has 10 rings (SSSR count). The van der Waals surface area contributed by atoms with E-state index in [1.807, 2.05) is 0 Å². The Bertz CT molecular complexity index is 3430. The van der Waals surface area contributed by atoms with Crippen LogP contribution in [0.15, 0.2) is 163 Å². The molecule has 0 amide bonds. The molecule has 0 N–H and O–H groups in total. The highest BCUT2D eigenvalue weighted by molar-refractivity contribution is 6.20. The standard InChI is InChI=1S/C76H89N/c1-8-11-13-15-17-19-21-24-28-55-33-45-67-70(48-55)74(59-36-34-58(35-37-59)57-30-26-23-27-31-57)66-44-32-56(29-25-22-20-18-16-14-12-9-2)49-71(66)75(67)64-41-40-60-50-61(38-39-62(60)51-64)63-42-46-72-68(52-63)69-53-65(76(5,6)7)43-47-73(69)77(72)54(4)10-3/h23,26-27,30-49,51-54,60H,8-22,24-25,28-29,50H2,1-7H3. The summed E-state index contributed by atoms with van der Waals surface area (Å²) in [5.41, 5.74) is 19.2. The summed E-state index contributed by atoms with van der Waals surface area (Å²) in [4.78, 5) is 0. The van der Waals surface area contributed by atoms with Crippen molar-refractivity contribution in [3.8, 4) is 22.3 Å². The molecule has 1 heteroatoms. The topological polar surface area (TPSA) is 4.93 Å². The van der Waals surface area contributed by atoms with Gasteiger partial charge in [0, 0.05) is 33.8 Å². The van der Waals surface area contributed by atoms with Gasteiger partial charge < -0.3 is 4.57 Å². The highest BCUT2D eigenvalue weighted by Crippen LogP contribution is 2.47. The lowest BCUT2D eigenvalue weighted by atomic mass is 9.78. The van der Waals surface area contributed by atoms with Gasteiger partial charge in [0.25, 0.3) is 0 Å². The van der Waals surface area contributed by atoms with Gasteiger partial charge in [-0.2, -0.15) is 0 Å². The second kappa shape index (κ2) is 25.1. The van der Waals surface area contributed by atoms with Crippen LogP contribution in [-0.4, -0.2) is 4.57 Å². The maximum absolute atomic E-state index is 2.59. The third-order valence-electron chi connectivity index (χ3n) is 17.7. The van der Waals surface area contributed by atoms with Gasteiger partial charge >= 0.3 is 0 Å². The quantitative estimate of drug-likeness (QED) is 0.0420. The average molecular weight is 1020 g/mol. The monoisotopic (exact) mass is 1020 g/mol. The molecule has 1 aromatic heterocycles. The van der Waals surface area contributed by atoms with E-state index in [-0.39, 0.29) is 5.41 Å². The Hall–Kier alpha value is -6.18. The smallest absolute Gasteiger partial charge is 0.0494 e. The molecule has 2 atom stereocenters. The SMILES string of the molecule is CCCCCCCCCCc1ccc2c(-c3ccc(-c4ccccc4)cc3)c3cc(CCCCCCCCCC)ccc3c(C3=CC4=CC=C(c5ccc6c(c5)c5cc(C(C)(C)C)ccc5n6C(C)CC)CC4C=C3)c2c1. The van der Waals surface area contributed by atoms with Crippen LogP contribution in [0.4, 0.5) is 0 Å². The van der Waals surface area contributed by atoms with Crippen LogP contribution in [0.5, 0.6) is 0 Å². The molecule has 7 aromatic carbocycles. The summed E-state index contributed by atoms with van der Waals surface area (Å²) in [5.74, 6) is 0.333. The summed E-state index contributed by atoms with van der Waals surface area (Å²) in [6.07, 6.45) is 38.2. The Morgan fingerprint density at radius 3 is 1.62 bits per heavy atom. The Labute approximate surface area is 464 Å². The first kappa shape index (κ1) is 54.2. The number of aromatic nitrogens is 1. The van der Waals surface area contributed by atoms with Gasteiger partial charge in [0.05, 0.1) is 0 Å². The third-order valence-corrected chi connectivity index (χ3v) is 17.7. The number of benzene rings is 7. The third kappa shape index (κ3) is 12.3. The van der Waals surface area contributed by atoms with Gasteiger partial charge in [0.15, 0.2) is 0 Å². The molecule has 8 aromatic rings. The average Bonchev–Trinajstić information content (AvgIpc) is 3.82. The van der Waals surface area contributed by atoms with Crippen LogP contribution in [0.3, 0.4) is 0 Å². The van der Waals surface area contributed by atoms with Crippen LogP contribution in [-0.2, 0) is 18.3 Å². The first-order valence-electron chi connectivity index (χ1n) is 30.7. The van der Waals surface area contributed by atoms with Crippen LogP contribution in [0.1, 0.15) is 198 Å². The molecule has 1 heterocycles. The van der Waals surface area contributed by atoms with Gasteiger partial charge in [-0.1, -0.05) is 265 Å². The van der Waals surface area contributed by atoms with Crippen LogP contribution < -0.4 is 0 Å². The summed E-state index contributed by atoms with van der Waals surface area (Å²) in [6.45, 7) is 16.3. The van der Waals surface area contributed by atoms with E-state index in [1.54, 1.807) is 0 Å². The molecule has 2 aliphatic carbocycles. The number of fused-ring (bicyclic) bond motifs is 6. The molecule has 77 heavy (non-hydrogen) atoms. The fourth-order valence-electron chi connectivity index (χ4n) is 12.9. The van der Waals surface area contributed by atoms with Gasteiger partial charge in [-0.3, -0.25) is 0 Å². The molecule has 2 aliphatic rings. The zero-order chi connectivity index (χ0) is 53.3. The number of hydrogen-bond donors (Lipinski definition) is 0. The molecular weight excluding hydrogens is 927 g/mol. The van der Waals surface area contributed by atoms with Crippen LogP contribution in [0, 0.1) is 5.92 Å². The zero-order valence-corrected chi connectivity index (χ0v) is 48.3. The lowest BCUT2D eigenvalue weighted by molar-refractivity contribution is 0.562. The molecule has 398 valence electrons. The van der Waals surface area contributed by atoms with Crippen molar-refractivity contribution in [3.05, 3.63) is 191 Å². The predicted molar refractivity (Wildman–Crippen MR) is 339 cm³/mol. The van der Waals surface area contributed by atoms with Crippen LogP contribution in [0.2, 0.25) is 0 Å². The summed E-state index contributed by atoms with van der Waals surface area (Å²) >= 11 is 0. The van der Waals surface area contributed by atoms with Crippen molar-refractivity contribution in [1.82, 2.24) is 4.57 Å². The van der Waals surface area contributed by atoms with E-state index in [0.717, 1.165) is 25.7 Å². The van der Waals surface area contributed by atoms with E-state index < -0.39 is 0 Å². The number of hydrogen-bond acceptors (Lipinski definition) is 0. The van der Waals surface area contributed by atoms with E-state index >= 15 is 0 Å². The molecule has 0 bridgehead atoms. The first-order chi connectivity index (χ1) is 37.6. The van der Waals surface area contributed by atoms with Crippen molar-refractivity contribution in [2.75, 3.05) is 0 Å². The summed E-state index contributed by atoms with van der Waals surface area (Å²) < 4.78 is 2.59. The Kier molecular flexibility index (Phi) is 17.7. The maximum Gasteiger partial charge on any atom is 0.0494 e. The van der Waals surface area contributed by atoms with Gasteiger partial charge in [-0.25, -0.2) is 0 Å². The predicted octanol–water partition coefficient (Wildman–Crippen LogP) is 23.1. The number of aryl methyl sites for hydroxylation is 2. The number of rotatable bonds is 24. The summed E-state index contributed by atoms with van der Waals surface area (Å²) in [6, 6.07) is 50.4. The van der Waals surface area contributed by atoms with Crippen molar-refractivity contribution in [2.45, 2.75) is 188 Å². The molecular formula is C76H89N. The molecule has 1 nitrogen and oxygen atoms in total. The summed E-state index contributed by atoms with van der Waals surface area (Å²) in [5, 5.41) is 8.24. The second-order valence-electron chi connectivity index (χ2n) is 24.4. The summed E-state index contributed by atoms with van der Waals surface area (Å²) in [7, 11) is 0. The lowest BCUT2D eigenvalue weighted by Gasteiger charge is -2.26. The van der Waals surface area contributed by atoms with E-state index in [4.69, 9.17) is 0 Å². The molecule has 0 spiro atoms. The molecule has 0 fully saturated rings. The number of allylic oxidation sites excluding steroid dienone is 8. The molecule has 2 unspecified atom stereocenters. The number of nitrogens with zero attached hydrogens (tertiary/aromatic N) is 1. The van der Waals surface area contributed by atoms with E-state index in [2.05, 4.69) is 211 Å². The number of unbranched alkanes of at least 4 members (excludes halogenated alkanes) is 14. The molecule has 0 radical (unpaired) electrons. The minimum Gasteiger partial charge on any atom is -0.338 e.